The van der Waals surface area contributed by atoms with Crippen LogP contribution in [-0.4, -0.2) is 21.4 Å². The number of nitrogens with one attached hydrogen (secondary N) is 1. The third-order valence-electron chi connectivity index (χ3n) is 5.89. The van der Waals surface area contributed by atoms with Crippen molar-refractivity contribution < 1.29 is 8.95 Å². The van der Waals surface area contributed by atoms with E-state index in [9.17, 15) is 4.21 Å². The van der Waals surface area contributed by atoms with Gasteiger partial charge in [0, 0.05) is 46.4 Å². The number of ether oxygens (including phenoxy) is 1. The highest BCUT2D eigenvalue weighted by Gasteiger charge is 2.36. The Balaban J connectivity index is 1.74. The van der Waals surface area contributed by atoms with E-state index in [4.69, 9.17) is 4.74 Å². The number of benzene rings is 2. The summed E-state index contributed by atoms with van der Waals surface area (Å²) < 4.78 is 21.5. The summed E-state index contributed by atoms with van der Waals surface area (Å²) in [5, 5.41) is 4.94. The second kappa shape index (κ2) is 6.50. The van der Waals surface area contributed by atoms with Crippen LogP contribution in [0.4, 0.5) is 0 Å². The van der Waals surface area contributed by atoms with Crippen molar-refractivity contribution in [1.82, 2.24) is 9.88 Å². The molecule has 1 fully saturated rings. The maximum Gasteiger partial charge on any atom is 0.144 e. The van der Waals surface area contributed by atoms with Gasteiger partial charge in [-0.25, -0.2) is 4.21 Å². The minimum Gasteiger partial charge on any atom is -0.492 e. The first-order valence-corrected chi connectivity index (χ1v) is 10.8. The standard InChI is InChI=1S/C22H24N2O2S/c1-3-26-20-13-16(27(25)15-7-5-4-6-8-15)12-17-21-18-10-9-14(23-18)11-19(21)24(2)22(17)20/h4-8,12-14,18,23H,3,9-11H2,1-2H3. The van der Waals surface area contributed by atoms with E-state index in [0.717, 1.165) is 27.5 Å². The Morgan fingerprint density at radius 1 is 1.19 bits per heavy atom. The topological polar surface area (TPSA) is 43.3 Å². The lowest BCUT2D eigenvalue weighted by molar-refractivity contribution is 0.342. The molecule has 5 rings (SSSR count). The van der Waals surface area contributed by atoms with Crippen LogP contribution in [0.5, 0.6) is 5.75 Å². The third-order valence-corrected chi connectivity index (χ3v) is 7.25. The van der Waals surface area contributed by atoms with Crippen LogP contribution in [0.1, 0.15) is 37.1 Å². The largest absolute Gasteiger partial charge is 0.492 e. The minimum absolute atomic E-state index is 0.400. The van der Waals surface area contributed by atoms with Gasteiger partial charge in [-0.3, -0.25) is 0 Å². The fourth-order valence-corrected chi connectivity index (χ4v) is 5.85. The van der Waals surface area contributed by atoms with Gasteiger partial charge in [0.05, 0.1) is 22.9 Å². The van der Waals surface area contributed by atoms with Crippen LogP contribution in [0.3, 0.4) is 0 Å². The number of aryl methyl sites for hydroxylation is 1. The summed E-state index contributed by atoms with van der Waals surface area (Å²) in [7, 11) is 0.920. The highest BCUT2D eigenvalue weighted by atomic mass is 32.2. The maximum atomic E-state index is 13.2. The molecule has 2 bridgehead atoms. The Kier molecular flexibility index (Phi) is 4.10. The van der Waals surface area contributed by atoms with Crippen molar-refractivity contribution in [1.29, 1.82) is 0 Å². The second-order valence-electron chi connectivity index (χ2n) is 7.45. The van der Waals surface area contributed by atoms with E-state index in [1.807, 2.05) is 43.3 Å². The molecule has 27 heavy (non-hydrogen) atoms. The maximum absolute atomic E-state index is 13.2. The Hall–Kier alpha value is -2.11. The van der Waals surface area contributed by atoms with Crippen molar-refractivity contribution >= 4 is 21.7 Å². The van der Waals surface area contributed by atoms with Gasteiger partial charge in [-0.15, -0.1) is 0 Å². The van der Waals surface area contributed by atoms with Crippen LogP contribution >= 0.6 is 0 Å². The zero-order valence-electron chi connectivity index (χ0n) is 15.7. The normalized spacial score (nSPS) is 22.0. The molecule has 4 nitrogen and oxygen atoms in total. The fourth-order valence-electron chi connectivity index (χ4n) is 4.73. The molecule has 1 saturated heterocycles. The highest BCUT2D eigenvalue weighted by molar-refractivity contribution is 7.85. The van der Waals surface area contributed by atoms with Gasteiger partial charge in [0.1, 0.15) is 5.75 Å². The number of hydrogen-bond acceptors (Lipinski definition) is 3. The first kappa shape index (κ1) is 17.0. The number of hydrogen-bond donors (Lipinski definition) is 1. The monoisotopic (exact) mass is 380 g/mol. The van der Waals surface area contributed by atoms with Crippen molar-refractivity contribution in [2.45, 2.75) is 48.1 Å². The molecule has 2 aromatic carbocycles. The molecule has 3 atom stereocenters. The zero-order chi connectivity index (χ0) is 18.5. The van der Waals surface area contributed by atoms with Crippen LogP contribution in [0.15, 0.2) is 52.3 Å². The molecule has 0 radical (unpaired) electrons. The molecular formula is C22H24N2O2S. The average molecular weight is 381 g/mol. The van der Waals surface area contributed by atoms with Crippen molar-refractivity contribution in [2.75, 3.05) is 6.61 Å². The summed E-state index contributed by atoms with van der Waals surface area (Å²) in [6, 6.07) is 14.7. The molecule has 3 aromatic rings. The molecule has 1 aromatic heterocycles. The lowest BCUT2D eigenvalue weighted by atomic mass is 9.99. The fraction of sp³-hybridized carbons (Fsp3) is 0.364. The highest BCUT2D eigenvalue weighted by Crippen LogP contribution is 2.44. The average Bonchev–Trinajstić information content (AvgIpc) is 3.21. The molecule has 3 heterocycles. The molecule has 5 heteroatoms. The van der Waals surface area contributed by atoms with E-state index in [0.29, 0.717) is 18.7 Å². The van der Waals surface area contributed by atoms with Gasteiger partial charge >= 0.3 is 0 Å². The predicted molar refractivity (Wildman–Crippen MR) is 108 cm³/mol. The quantitative estimate of drug-likeness (QED) is 0.741. The van der Waals surface area contributed by atoms with Gasteiger partial charge in [-0.05, 0) is 49.6 Å². The Bertz CT molecular complexity index is 1040. The van der Waals surface area contributed by atoms with Crippen molar-refractivity contribution in [3.05, 3.63) is 53.7 Å². The molecule has 2 aliphatic rings. The summed E-state index contributed by atoms with van der Waals surface area (Å²) in [5.41, 5.74) is 3.92. The first-order valence-electron chi connectivity index (χ1n) is 9.68. The van der Waals surface area contributed by atoms with Crippen molar-refractivity contribution in [2.24, 2.45) is 7.05 Å². The molecular weight excluding hydrogens is 356 g/mol. The molecule has 140 valence electrons. The van der Waals surface area contributed by atoms with Crippen LogP contribution < -0.4 is 10.1 Å². The predicted octanol–water partition coefficient (Wildman–Crippen LogP) is 4.09. The summed E-state index contributed by atoms with van der Waals surface area (Å²) in [6.07, 6.45) is 3.46. The van der Waals surface area contributed by atoms with Crippen molar-refractivity contribution in [3.8, 4) is 5.75 Å². The number of fused-ring (bicyclic) bond motifs is 6. The number of rotatable bonds is 4. The van der Waals surface area contributed by atoms with Gasteiger partial charge in [0.25, 0.3) is 0 Å². The van der Waals surface area contributed by atoms with E-state index < -0.39 is 10.8 Å². The molecule has 1 N–H and O–H groups in total. The Morgan fingerprint density at radius 3 is 2.78 bits per heavy atom. The molecule has 2 aliphatic heterocycles. The van der Waals surface area contributed by atoms with Gasteiger partial charge in [-0.1, -0.05) is 18.2 Å². The molecule has 3 unspecified atom stereocenters. The SMILES string of the molecule is CCOc1cc(S(=O)c2ccccc2)cc2c3c(n(C)c12)CC1CCC3N1. The number of aromatic nitrogens is 1. The lowest BCUT2D eigenvalue weighted by Crippen LogP contribution is -2.32. The van der Waals surface area contributed by atoms with E-state index in [1.165, 1.54) is 29.5 Å². The van der Waals surface area contributed by atoms with Gasteiger partial charge in [0.15, 0.2) is 0 Å². The van der Waals surface area contributed by atoms with Crippen LogP contribution in [0.2, 0.25) is 0 Å². The smallest absolute Gasteiger partial charge is 0.144 e. The van der Waals surface area contributed by atoms with E-state index in [2.05, 4.69) is 23.0 Å². The molecule has 0 spiro atoms. The van der Waals surface area contributed by atoms with Crippen LogP contribution in [-0.2, 0) is 24.3 Å². The first-order chi connectivity index (χ1) is 13.2. The lowest BCUT2D eigenvalue weighted by Gasteiger charge is -2.23. The Labute approximate surface area is 162 Å². The summed E-state index contributed by atoms with van der Waals surface area (Å²) in [4.78, 5) is 1.63. The minimum atomic E-state index is -1.22. The van der Waals surface area contributed by atoms with Crippen LogP contribution in [0.25, 0.3) is 10.9 Å². The van der Waals surface area contributed by atoms with Crippen molar-refractivity contribution in [3.63, 3.8) is 0 Å². The van der Waals surface area contributed by atoms with Gasteiger partial charge in [0.2, 0.25) is 0 Å². The van der Waals surface area contributed by atoms with E-state index in [1.54, 1.807) is 0 Å². The van der Waals surface area contributed by atoms with Gasteiger partial charge < -0.3 is 14.6 Å². The molecule has 0 saturated carbocycles. The number of nitrogens with zero attached hydrogens (tertiary/aromatic N) is 1. The third kappa shape index (κ3) is 2.64. The van der Waals surface area contributed by atoms with Gasteiger partial charge in [-0.2, -0.15) is 0 Å². The van der Waals surface area contributed by atoms with E-state index >= 15 is 0 Å². The summed E-state index contributed by atoms with van der Waals surface area (Å²) in [5.74, 6) is 0.835. The zero-order valence-corrected chi connectivity index (χ0v) is 16.5. The summed E-state index contributed by atoms with van der Waals surface area (Å²) >= 11 is 0. The Morgan fingerprint density at radius 2 is 2.00 bits per heavy atom. The van der Waals surface area contributed by atoms with E-state index in [-0.39, 0.29) is 0 Å². The molecule has 0 amide bonds. The van der Waals surface area contributed by atoms with Crippen LogP contribution in [0, 0.1) is 0 Å². The second-order valence-corrected chi connectivity index (χ2v) is 8.93. The summed E-state index contributed by atoms with van der Waals surface area (Å²) in [6.45, 7) is 2.59. The molecule has 0 aliphatic carbocycles.